The third-order valence-corrected chi connectivity index (χ3v) is 3.24. The predicted molar refractivity (Wildman–Crippen MR) is 87.8 cm³/mol. The van der Waals surface area contributed by atoms with E-state index in [0.717, 1.165) is 0 Å². The lowest BCUT2D eigenvalue weighted by Crippen LogP contribution is -2.20. The van der Waals surface area contributed by atoms with Gasteiger partial charge in [0, 0.05) is 12.6 Å². The van der Waals surface area contributed by atoms with Crippen molar-refractivity contribution in [3.05, 3.63) is 51.2 Å². The Morgan fingerprint density at radius 1 is 1.33 bits per heavy atom. The Balaban J connectivity index is 2.01. The van der Waals surface area contributed by atoms with Gasteiger partial charge in [-0.2, -0.15) is 0 Å². The number of nitrogens with zero attached hydrogens (tertiary/aromatic N) is 2. The highest BCUT2D eigenvalue weighted by atomic mass is 35.5. The maximum Gasteiger partial charge on any atom is 0.406 e. The van der Waals surface area contributed by atoms with E-state index < -0.39 is 23.3 Å². The summed E-state index contributed by atoms with van der Waals surface area (Å²) >= 11 is 5.97. The number of hydrogen-bond donors (Lipinski definition) is 1. The Kier molecular flexibility index (Phi) is 5.54. The molecule has 0 saturated heterocycles. The largest absolute Gasteiger partial charge is 0.495 e. The van der Waals surface area contributed by atoms with Crippen molar-refractivity contribution < 1.29 is 19.2 Å². The second-order valence-electron chi connectivity index (χ2n) is 4.72. The van der Waals surface area contributed by atoms with E-state index in [9.17, 15) is 14.9 Å². The quantitative estimate of drug-likeness (QED) is 0.633. The summed E-state index contributed by atoms with van der Waals surface area (Å²) in [6, 6.07) is 7.70. The van der Waals surface area contributed by atoms with Gasteiger partial charge in [-0.25, -0.2) is 0 Å². The molecule has 0 unspecified atom stereocenters. The molecule has 1 N–H and O–H groups in total. The van der Waals surface area contributed by atoms with E-state index in [-0.39, 0.29) is 5.75 Å². The number of methoxy groups -OCH3 is 1. The SMILES string of the molecule is COc1ccc(NC(=O)COc2ccc(C)nc2[N+](=O)[O-])cc1Cl. The van der Waals surface area contributed by atoms with E-state index >= 15 is 0 Å². The summed E-state index contributed by atoms with van der Waals surface area (Å²) in [5.41, 5.74) is 0.928. The van der Waals surface area contributed by atoms with Crippen molar-refractivity contribution in [3.63, 3.8) is 0 Å². The van der Waals surface area contributed by atoms with E-state index in [4.69, 9.17) is 21.1 Å². The van der Waals surface area contributed by atoms with E-state index in [2.05, 4.69) is 10.3 Å². The highest BCUT2D eigenvalue weighted by molar-refractivity contribution is 6.32. The Morgan fingerprint density at radius 3 is 2.67 bits per heavy atom. The average Bonchev–Trinajstić information content (AvgIpc) is 2.53. The number of amides is 1. The molecule has 1 amide bonds. The number of carbonyl (C=O) groups is 1. The summed E-state index contributed by atoms with van der Waals surface area (Å²) in [5.74, 6) is -0.526. The fraction of sp³-hybridized carbons (Fsp3) is 0.200. The summed E-state index contributed by atoms with van der Waals surface area (Å²) in [6.45, 7) is 1.21. The molecule has 1 heterocycles. The fourth-order valence-corrected chi connectivity index (χ4v) is 2.12. The van der Waals surface area contributed by atoms with Gasteiger partial charge in [-0.1, -0.05) is 11.6 Å². The summed E-state index contributed by atoms with van der Waals surface area (Å²) in [4.78, 5) is 26.0. The maximum absolute atomic E-state index is 11.9. The molecule has 24 heavy (non-hydrogen) atoms. The molecule has 2 rings (SSSR count). The predicted octanol–water partition coefficient (Wildman–Crippen LogP) is 2.98. The number of rotatable bonds is 6. The number of nitro groups is 1. The zero-order valence-electron chi connectivity index (χ0n) is 12.9. The maximum atomic E-state index is 11.9. The number of pyridine rings is 1. The first-order valence-corrected chi connectivity index (χ1v) is 7.16. The van der Waals surface area contributed by atoms with Gasteiger partial charge in [-0.05, 0) is 40.2 Å². The van der Waals surface area contributed by atoms with Crippen LogP contribution in [0.1, 0.15) is 5.69 Å². The Hall–Kier alpha value is -2.87. The molecule has 1 aromatic carbocycles. The van der Waals surface area contributed by atoms with Crippen LogP contribution in [0.5, 0.6) is 11.5 Å². The molecule has 0 spiro atoms. The molecule has 0 radical (unpaired) electrons. The van der Waals surface area contributed by atoms with Crippen LogP contribution in [-0.2, 0) is 4.79 Å². The van der Waals surface area contributed by atoms with Crippen LogP contribution in [0, 0.1) is 17.0 Å². The zero-order chi connectivity index (χ0) is 17.7. The van der Waals surface area contributed by atoms with Gasteiger partial charge >= 0.3 is 5.82 Å². The molecule has 126 valence electrons. The van der Waals surface area contributed by atoms with Gasteiger partial charge in [-0.15, -0.1) is 0 Å². The van der Waals surface area contributed by atoms with Crippen molar-refractivity contribution in [2.24, 2.45) is 0 Å². The van der Waals surface area contributed by atoms with Crippen LogP contribution in [0.2, 0.25) is 5.02 Å². The molecule has 0 aliphatic heterocycles. The molecule has 0 bridgehead atoms. The van der Waals surface area contributed by atoms with Crippen molar-refractivity contribution >= 4 is 29.0 Å². The Bertz CT molecular complexity index is 782. The average molecular weight is 352 g/mol. The standard InChI is InChI=1S/C15H14ClN3O5/c1-9-3-5-13(15(17-9)19(21)22)24-8-14(20)18-10-4-6-12(23-2)11(16)7-10/h3-7H,8H2,1-2H3,(H,18,20). The summed E-state index contributed by atoms with van der Waals surface area (Å²) in [5, 5.41) is 13.9. The molecule has 9 heteroatoms. The smallest absolute Gasteiger partial charge is 0.406 e. The van der Waals surface area contributed by atoms with Crippen LogP contribution in [-0.4, -0.2) is 29.5 Å². The zero-order valence-corrected chi connectivity index (χ0v) is 13.7. The molecule has 0 fully saturated rings. The number of benzene rings is 1. The fourth-order valence-electron chi connectivity index (χ4n) is 1.86. The van der Waals surface area contributed by atoms with E-state index in [0.29, 0.717) is 22.2 Å². The lowest BCUT2D eigenvalue weighted by molar-refractivity contribution is -0.390. The molecule has 0 aliphatic carbocycles. The minimum absolute atomic E-state index is 0.0755. The second kappa shape index (κ2) is 7.60. The topological polar surface area (TPSA) is 104 Å². The van der Waals surface area contributed by atoms with Crippen molar-refractivity contribution in [2.75, 3.05) is 19.0 Å². The molecule has 0 atom stereocenters. The number of anilines is 1. The van der Waals surface area contributed by atoms with Gasteiger partial charge < -0.3 is 24.9 Å². The highest BCUT2D eigenvalue weighted by Crippen LogP contribution is 2.27. The van der Waals surface area contributed by atoms with Gasteiger partial charge in [0.15, 0.2) is 6.61 Å². The van der Waals surface area contributed by atoms with E-state index in [1.807, 2.05) is 0 Å². The van der Waals surface area contributed by atoms with Crippen LogP contribution >= 0.6 is 11.6 Å². The van der Waals surface area contributed by atoms with Crippen molar-refractivity contribution in [2.45, 2.75) is 6.92 Å². The number of ether oxygens (including phenoxy) is 2. The van der Waals surface area contributed by atoms with Gasteiger partial charge in [0.25, 0.3) is 5.91 Å². The highest BCUT2D eigenvalue weighted by Gasteiger charge is 2.18. The molecular weight excluding hydrogens is 338 g/mol. The second-order valence-corrected chi connectivity index (χ2v) is 5.12. The summed E-state index contributed by atoms with van der Waals surface area (Å²) in [7, 11) is 1.48. The molecule has 1 aromatic heterocycles. The first kappa shape index (κ1) is 17.5. The number of hydrogen-bond acceptors (Lipinski definition) is 6. The lowest BCUT2D eigenvalue weighted by atomic mass is 10.3. The van der Waals surface area contributed by atoms with Crippen LogP contribution < -0.4 is 14.8 Å². The van der Waals surface area contributed by atoms with Gasteiger partial charge in [-0.3, -0.25) is 4.79 Å². The van der Waals surface area contributed by atoms with Crippen LogP contribution in [0.15, 0.2) is 30.3 Å². The molecule has 0 saturated carbocycles. The van der Waals surface area contributed by atoms with Crippen LogP contribution in [0.3, 0.4) is 0 Å². The number of aromatic nitrogens is 1. The van der Waals surface area contributed by atoms with Gasteiger partial charge in [0.1, 0.15) is 11.4 Å². The third kappa shape index (κ3) is 4.32. The summed E-state index contributed by atoms with van der Waals surface area (Å²) < 4.78 is 10.2. The third-order valence-electron chi connectivity index (χ3n) is 2.95. The number of halogens is 1. The normalized spacial score (nSPS) is 10.1. The van der Waals surface area contributed by atoms with Crippen LogP contribution in [0.4, 0.5) is 11.5 Å². The van der Waals surface area contributed by atoms with Crippen molar-refractivity contribution in [1.29, 1.82) is 0 Å². The monoisotopic (exact) mass is 351 g/mol. The molecular formula is C15H14ClN3O5. The van der Waals surface area contributed by atoms with Crippen molar-refractivity contribution in [3.8, 4) is 11.5 Å². The summed E-state index contributed by atoms with van der Waals surface area (Å²) in [6.07, 6.45) is 0. The minimum Gasteiger partial charge on any atom is -0.495 e. The van der Waals surface area contributed by atoms with Gasteiger partial charge in [0.2, 0.25) is 5.75 Å². The first-order valence-electron chi connectivity index (χ1n) is 6.79. The molecule has 2 aromatic rings. The molecule has 8 nitrogen and oxygen atoms in total. The van der Waals surface area contributed by atoms with Crippen LogP contribution in [0.25, 0.3) is 0 Å². The Labute approximate surface area is 142 Å². The number of nitrogens with one attached hydrogen (secondary N) is 1. The first-order chi connectivity index (χ1) is 11.4. The minimum atomic E-state index is -0.663. The van der Waals surface area contributed by atoms with Crippen molar-refractivity contribution in [1.82, 2.24) is 4.98 Å². The van der Waals surface area contributed by atoms with Gasteiger partial charge in [0.05, 0.1) is 12.1 Å². The van der Waals surface area contributed by atoms with E-state index in [1.54, 1.807) is 25.1 Å². The molecule has 0 aliphatic rings. The number of carbonyl (C=O) groups excluding carboxylic acids is 1. The Morgan fingerprint density at radius 2 is 2.04 bits per heavy atom. The number of aryl methyl sites for hydroxylation is 1. The lowest BCUT2D eigenvalue weighted by Gasteiger charge is -2.09. The van der Waals surface area contributed by atoms with E-state index in [1.165, 1.54) is 19.2 Å².